The monoisotopic (exact) mass is 225 g/mol. The maximum absolute atomic E-state index is 8.91. The van der Waals surface area contributed by atoms with E-state index in [0.717, 1.165) is 11.3 Å². The summed E-state index contributed by atoms with van der Waals surface area (Å²) in [6.07, 6.45) is 0. The quantitative estimate of drug-likeness (QED) is 0.701. The van der Waals surface area contributed by atoms with Gasteiger partial charge in [0.05, 0.1) is 0 Å². The molecule has 3 nitrogen and oxygen atoms in total. The number of hydrogen-bond donors (Lipinski definition) is 0. The zero-order valence-corrected chi connectivity index (χ0v) is 9.84. The number of rotatable bonds is 2. The molecule has 2 aromatic carbocycles. The van der Waals surface area contributed by atoms with Crippen LogP contribution in [0, 0.1) is 19.2 Å². The van der Waals surface area contributed by atoms with E-state index in [9.17, 15) is 0 Å². The molecule has 0 aromatic heterocycles. The van der Waals surface area contributed by atoms with Crippen molar-refractivity contribution >= 4 is 5.69 Å². The molecule has 0 saturated carbocycles. The molecule has 0 bridgehead atoms. The summed E-state index contributed by atoms with van der Waals surface area (Å²) in [4.78, 5) is 3.22. The number of aryl methyl sites for hydroxylation is 2. The maximum Gasteiger partial charge on any atom is 0.427 e. The van der Waals surface area contributed by atoms with E-state index in [4.69, 9.17) is 10.1 Å². The van der Waals surface area contributed by atoms with Crippen LogP contribution in [-0.2, 0) is 0 Å². The Kier molecular flexibility index (Phi) is 3.06. The molecule has 0 aliphatic carbocycles. The molecule has 0 radical (unpaired) electrons. The molecule has 0 atom stereocenters. The molecular formula is C14H13N2O+. The number of nitrogens with zero attached hydrogens (tertiary/aromatic N) is 2. The van der Waals surface area contributed by atoms with Gasteiger partial charge in [0.25, 0.3) is 0 Å². The van der Waals surface area contributed by atoms with E-state index in [-0.39, 0.29) is 0 Å². The fourth-order valence-electron chi connectivity index (χ4n) is 1.53. The highest BCUT2D eigenvalue weighted by molar-refractivity contribution is 5.59. The first-order chi connectivity index (χ1) is 8.19. The number of ether oxygens (including phenoxy) is 1. The van der Waals surface area contributed by atoms with Gasteiger partial charge in [0.2, 0.25) is 11.1 Å². The van der Waals surface area contributed by atoms with Gasteiger partial charge in [-0.3, -0.25) is 0 Å². The average molecular weight is 225 g/mol. The number of hydrogen-bond acceptors (Lipinski definition) is 2. The first-order valence-corrected chi connectivity index (χ1v) is 5.39. The summed E-state index contributed by atoms with van der Waals surface area (Å²) in [5.41, 5.74) is 2.63. The van der Waals surface area contributed by atoms with E-state index in [1.807, 2.05) is 44.2 Å². The summed E-state index contributed by atoms with van der Waals surface area (Å²) in [5, 5.41) is 8.91. The summed E-state index contributed by atoms with van der Waals surface area (Å²) >= 11 is 0. The molecule has 0 N–H and O–H groups in total. The van der Waals surface area contributed by atoms with Crippen LogP contribution in [0.2, 0.25) is 0 Å². The Balaban J connectivity index is 2.30. The van der Waals surface area contributed by atoms with Crippen LogP contribution in [0.3, 0.4) is 0 Å². The van der Waals surface area contributed by atoms with Crippen LogP contribution in [0.25, 0.3) is 4.98 Å². The summed E-state index contributed by atoms with van der Waals surface area (Å²) < 4.78 is 5.66. The van der Waals surface area contributed by atoms with Gasteiger partial charge in [0.1, 0.15) is 5.75 Å². The van der Waals surface area contributed by atoms with Crippen molar-refractivity contribution in [2.45, 2.75) is 13.8 Å². The lowest BCUT2D eigenvalue weighted by Crippen LogP contribution is -1.85. The van der Waals surface area contributed by atoms with Crippen molar-refractivity contribution in [3.63, 3.8) is 0 Å². The molecule has 84 valence electrons. The van der Waals surface area contributed by atoms with E-state index in [2.05, 4.69) is 4.98 Å². The minimum atomic E-state index is 0.436. The Labute approximate surface area is 100 Å². The van der Waals surface area contributed by atoms with Crippen LogP contribution in [0.5, 0.6) is 11.5 Å². The second-order valence-electron chi connectivity index (χ2n) is 3.99. The predicted octanol–water partition coefficient (Wildman–Crippen LogP) is 4.58. The first-order valence-electron chi connectivity index (χ1n) is 5.39. The molecule has 0 aliphatic rings. The van der Waals surface area contributed by atoms with E-state index in [0.29, 0.717) is 11.4 Å². The van der Waals surface area contributed by atoms with Crippen LogP contribution in [0.15, 0.2) is 42.5 Å². The van der Waals surface area contributed by atoms with Crippen molar-refractivity contribution in [1.82, 2.24) is 0 Å². The molecule has 0 heterocycles. The molecule has 0 spiro atoms. The van der Waals surface area contributed by atoms with Crippen molar-refractivity contribution in [2.75, 3.05) is 0 Å². The van der Waals surface area contributed by atoms with Crippen LogP contribution >= 0.6 is 0 Å². The SMILES string of the molecule is Cc1ccc(Oc2ccc(C)cc2[N+]#N)cc1. The van der Waals surface area contributed by atoms with E-state index in [1.54, 1.807) is 12.1 Å². The molecule has 0 unspecified atom stereocenters. The van der Waals surface area contributed by atoms with Crippen LogP contribution in [0.1, 0.15) is 11.1 Å². The Morgan fingerprint density at radius 3 is 2.24 bits per heavy atom. The third kappa shape index (κ3) is 2.61. The molecule has 0 amide bonds. The topological polar surface area (TPSA) is 37.4 Å². The molecule has 3 heteroatoms. The average Bonchev–Trinajstić information content (AvgIpc) is 2.34. The summed E-state index contributed by atoms with van der Waals surface area (Å²) in [6, 6.07) is 13.2. The molecule has 2 rings (SSSR count). The van der Waals surface area contributed by atoms with E-state index in [1.165, 1.54) is 5.56 Å². The number of benzene rings is 2. The van der Waals surface area contributed by atoms with Crippen molar-refractivity contribution in [3.05, 3.63) is 58.6 Å². The van der Waals surface area contributed by atoms with E-state index >= 15 is 0 Å². The minimum Gasteiger partial charge on any atom is -0.449 e. The van der Waals surface area contributed by atoms with Crippen LogP contribution in [-0.4, -0.2) is 0 Å². The van der Waals surface area contributed by atoms with Crippen molar-refractivity contribution in [3.8, 4) is 11.5 Å². The van der Waals surface area contributed by atoms with Crippen molar-refractivity contribution in [1.29, 1.82) is 5.39 Å². The molecule has 17 heavy (non-hydrogen) atoms. The largest absolute Gasteiger partial charge is 0.449 e. The van der Waals surface area contributed by atoms with Crippen LogP contribution < -0.4 is 4.74 Å². The standard InChI is InChI=1S/C14H13N2O/c1-10-3-6-12(7-4-10)17-14-8-5-11(2)9-13(14)16-15/h3-9H,1-2H3/q+1. The van der Waals surface area contributed by atoms with Gasteiger partial charge >= 0.3 is 5.69 Å². The Hall–Kier alpha value is -2.34. The molecule has 0 fully saturated rings. The molecule has 2 aromatic rings. The predicted molar refractivity (Wildman–Crippen MR) is 67.2 cm³/mol. The maximum atomic E-state index is 8.91. The van der Waals surface area contributed by atoms with E-state index < -0.39 is 0 Å². The lowest BCUT2D eigenvalue weighted by molar-refractivity contribution is 0.485. The second kappa shape index (κ2) is 4.67. The second-order valence-corrected chi connectivity index (χ2v) is 3.99. The molecular weight excluding hydrogens is 212 g/mol. The van der Waals surface area contributed by atoms with Crippen molar-refractivity contribution < 1.29 is 4.74 Å². The Morgan fingerprint density at radius 1 is 0.941 bits per heavy atom. The van der Waals surface area contributed by atoms with Gasteiger partial charge < -0.3 is 4.74 Å². The zero-order valence-electron chi connectivity index (χ0n) is 9.84. The van der Waals surface area contributed by atoms with Gasteiger partial charge in [0.15, 0.2) is 4.98 Å². The lowest BCUT2D eigenvalue weighted by atomic mass is 10.2. The van der Waals surface area contributed by atoms with Gasteiger partial charge in [0, 0.05) is 6.07 Å². The Bertz CT molecular complexity index is 568. The molecule has 0 saturated heterocycles. The van der Waals surface area contributed by atoms with Crippen LogP contribution in [0.4, 0.5) is 5.69 Å². The highest BCUT2D eigenvalue weighted by Gasteiger charge is 2.15. The van der Waals surface area contributed by atoms with Crippen molar-refractivity contribution in [2.24, 2.45) is 0 Å². The van der Waals surface area contributed by atoms with Gasteiger partial charge in [-0.15, -0.1) is 0 Å². The first kappa shape index (κ1) is 11.2. The Morgan fingerprint density at radius 2 is 1.59 bits per heavy atom. The number of diazo groups is 1. The van der Waals surface area contributed by atoms with Gasteiger partial charge in [-0.25, -0.2) is 0 Å². The smallest absolute Gasteiger partial charge is 0.427 e. The highest BCUT2D eigenvalue weighted by atomic mass is 16.5. The van der Waals surface area contributed by atoms with Gasteiger partial charge in [-0.2, -0.15) is 0 Å². The fraction of sp³-hybridized carbons (Fsp3) is 0.143. The highest BCUT2D eigenvalue weighted by Crippen LogP contribution is 2.32. The zero-order chi connectivity index (χ0) is 12.3. The lowest BCUT2D eigenvalue weighted by Gasteiger charge is -2.03. The van der Waals surface area contributed by atoms with Gasteiger partial charge in [-0.05, 0) is 37.6 Å². The third-order valence-corrected chi connectivity index (χ3v) is 2.47. The summed E-state index contributed by atoms with van der Waals surface area (Å²) in [6.45, 7) is 3.95. The minimum absolute atomic E-state index is 0.436. The third-order valence-electron chi connectivity index (χ3n) is 2.47. The summed E-state index contributed by atoms with van der Waals surface area (Å²) in [7, 11) is 0. The molecule has 0 aliphatic heterocycles. The fourth-order valence-corrected chi connectivity index (χ4v) is 1.53. The van der Waals surface area contributed by atoms with Gasteiger partial charge in [-0.1, -0.05) is 23.8 Å². The summed E-state index contributed by atoms with van der Waals surface area (Å²) in [5.74, 6) is 1.27. The normalized spacial score (nSPS) is 9.71.